The fourth-order valence-corrected chi connectivity index (χ4v) is 4.04. The van der Waals surface area contributed by atoms with Crippen LogP contribution in [-0.2, 0) is 7.05 Å². The summed E-state index contributed by atoms with van der Waals surface area (Å²) in [4.78, 5) is 19.8. The molecule has 1 N–H and O–H groups in total. The fourth-order valence-electron chi connectivity index (χ4n) is 4.04. The van der Waals surface area contributed by atoms with E-state index in [9.17, 15) is 4.79 Å². The summed E-state index contributed by atoms with van der Waals surface area (Å²) in [6, 6.07) is 9.82. The molecule has 0 radical (unpaired) electrons. The molecule has 4 aromatic rings. The van der Waals surface area contributed by atoms with Gasteiger partial charge in [0, 0.05) is 30.4 Å². The van der Waals surface area contributed by atoms with Crippen LogP contribution >= 0.6 is 0 Å². The summed E-state index contributed by atoms with van der Waals surface area (Å²) in [5.41, 5.74) is 4.34. The molecule has 4 heterocycles. The molecule has 5 rings (SSSR count). The number of nitrogens with zero attached hydrogens (tertiary/aromatic N) is 5. The maximum Gasteiger partial charge on any atom is 0.255 e. The van der Waals surface area contributed by atoms with Gasteiger partial charge in [-0.2, -0.15) is 5.10 Å². The van der Waals surface area contributed by atoms with Crippen LogP contribution in [0.2, 0.25) is 0 Å². The maximum atomic E-state index is 12.7. The number of aryl methyl sites for hydroxylation is 1. The van der Waals surface area contributed by atoms with Crippen LogP contribution in [0.4, 0.5) is 5.69 Å². The highest BCUT2D eigenvalue weighted by Crippen LogP contribution is 2.30. The van der Waals surface area contributed by atoms with Gasteiger partial charge in [0.25, 0.3) is 5.91 Å². The van der Waals surface area contributed by atoms with Gasteiger partial charge in [0.15, 0.2) is 0 Å². The summed E-state index contributed by atoms with van der Waals surface area (Å²) < 4.78 is 3.78. The average Bonchev–Trinajstić information content (AvgIpc) is 3.39. The molecule has 28 heavy (non-hydrogen) atoms. The fraction of sp³-hybridized carbons (Fsp3) is 0.286. The second-order valence-electron chi connectivity index (χ2n) is 7.48. The topological polar surface area (TPSA) is 67.5 Å². The van der Waals surface area contributed by atoms with Crippen molar-refractivity contribution in [2.45, 2.75) is 18.9 Å². The number of pyridine rings is 1. The number of anilines is 1. The number of benzene rings is 1. The molecule has 1 aliphatic rings. The van der Waals surface area contributed by atoms with E-state index in [2.05, 4.69) is 28.6 Å². The minimum atomic E-state index is -0.138. The van der Waals surface area contributed by atoms with E-state index in [1.807, 2.05) is 48.0 Å². The molecule has 7 heteroatoms. The third-order valence-corrected chi connectivity index (χ3v) is 5.60. The lowest BCUT2D eigenvalue weighted by molar-refractivity contribution is 0.102. The summed E-state index contributed by atoms with van der Waals surface area (Å²) in [5.74, 6) is -0.138. The van der Waals surface area contributed by atoms with Gasteiger partial charge in [0.1, 0.15) is 5.65 Å². The number of amides is 1. The SMILES string of the molecule is CN1CCC[C@@H]1c1cn2cc(NC(=O)c3ccc4c(cnn4C)c3)ccc2n1. The van der Waals surface area contributed by atoms with E-state index in [4.69, 9.17) is 4.98 Å². The van der Waals surface area contributed by atoms with Crippen LogP contribution in [0.1, 0.15) is 34.9 Å². The Kier molecular flexibility index (Phi) is 3.91. The highest BCUT2D eigenvalue weighted by molar-refractivity contribution is 6.06. The standard InChI is InChI=1S/C21H22N6O/c1-25-9-3-4-19(25)17-13-27-12-16(6-8-20(27)24-17)23-21(28)14-5-7-18-15(10-14)11-22-26(18)2/h5-8,10-13,19H,3-4,9H2,1-2H3,(H,23,28)/t19-/m1/s1. The Labute approximate surface area is 162 Å². The Balaban J connectivity index is 1.39. The smallest absolute Gasteiger partial charge is 0.255 e. The van der Waals surface area contributed by atoms with Gasteiger partial charge in [-0.15, -0.1) is 0 Å². The van der Waals surface area contributed by atoms with E-state index < -0.39 is 0 Å². The van der Waals surface area contributed by atoms with Crippen LogP contribution in [0.15, 0.2) is 48.9 Å². The predicted octanol–water partition coefficient (Wildman–Crippen LogP) is 3.24. The van der Waals surface area contributed by atoms with Crippen molar-refractivity contribution in [2.75, 3.05) is 18.9 Å². The Morgan fingerprint density at radius 3 is 2.89 bits per heavy atom. The molecule has 1 atom stereocenters. The molecule has 1 amide bonds. The summed E-state index contributed by atoms with van der Waals surface area (Å²) in [6.45, 7) is 1.11. The Bertz CT molecular complexity index is 1190. The monoisotopic (exact) mass is 374 g/mol. The highest BCUT2D eigenvalue weighted by atomic mass is 16.1. The van der Waals surface area contributed by atoms with Crippen LogP contribution in [0.25, 0.3) is 16.6 Å². The zero-order chi connectivity index (χ0) is 19.3. The van der Waals surface area contributed by atoms with E-state index in [1.54, 1.807) is 10.9 Å². The maximum absolute atomic E-state index is 12.7. The lowest BCUT2D eigenvalue weighted by atomic mass is 10.1. The van der Waals surface area contributed by atoms with Crippen LogP contribution < -0.4 is 5.32 Å². The number of rotatable bonds is 3. The van der Waals surface area contributed by atoms with Crippen molar-refractivity contribution in [3.8, 4) is 0 Å². The van der Waals surface area contributed by atoms with Gasteiger partial charge in [0.05, 0.1) is 29.1 Å². The first-order valence-electron chi connectivity index (χ1n) is 9.50. The first-order chi connectivity index (χ1) is 13.6. The number of nitrogens with one attached hydrogen (secondary N) is 1. The van der Waals surface area contributed by atoms with Gasteiger partial charge in [-0.05, 0) is 56.8 Å². The largest absolute Gasteiger partial charge is 0.321 e. The lowest BCUT2D eigenvalue weighted by Crippen LogP contribution is -2.17. The third kappa shape index (κ3) is 2.84. The Morgan fingerprint density at radius 1 is 1.18 bits per heavy atom. The molecular weight excluding hydrogens is 352 g/mol. The zero-order valence-electron chi connectivity index (χ0n) is 16.0. The average molecular weight is 374 g/mol. The van der Waals surface area contributed by atoms with Crippen molar-refractivity contribution in [3.05, 3.63) is 60.2 Å². The van der Waals surface area contributed by atoms with E-state index >= 15 is 0 Å². The first-order valence-corrected chi connectivity index (χ1v) is 9.50. The molecule has 0 spiro atoms. The summed E-state index contributed by atoms with van der Waals surface area (Å²) in [6.07, 6.45) is 8.10. The van der Waals surface area contributed by atoms with E-state index in [1.165, 1.54) is 6.42 Å². The van der Waals surface area contributed by atoms with Gasteiger partial charge in [-0.3, -0.25) is 14.4 Å². The minimum absolute atomic E-state index is 0.138. The number of fused-ring (bicyclic) bond motifs is 2. The number of carbonyl (C=O) groups excluding carboxylic acids is 1. The molecule has 0 bridgehead atoms. The van der Waals surface area contributed by atoms with Crippen LogP contribution in [0.3, 0.4) is 0 Å². The first kappa shape index (κ1) is 16.9. The normalized spacial score (nSPS) is 17.6. The Morgan fingerprint density at radius 2 is 2.07 bits per heavy atom. The summed E-state index contributed by atoms with van der Waals surface area (Å²) >= 11 is 0. The van der Waals surface area contributed by atoms with Gasteiger partial charge >= 0.3 is 0 Å². The molecule has 142 valence electrons. The van der Waals surface area contributed by atoms with E-state index in [0.29, 0.717) is 11.6 Å². The van der Waals surface area contributed by atoms with Gasteiger partial charge in [-0.1, -0.05) is 0 Å². The van der Waals surface area contributed by atoms with Gasteiger partial charge in [-0.25, -0.2) is 4.98 Å². The Hall–Kier alpha value is -3.19. The number of aromatic nitrogens is 4. The van der Waals surface area contributed by atoms with Crippen molar-refractivity contribution in [1.29, 1.82) is 0 Å². The third-order valence-electron chi connectivity index (χ3n) is 5.60. The molecular formula is C21H22N6O. The van der Waals surface area contributed by atoms with Crippen molar-refractivity contribution < 1.29 is 4.79 Å². The van der Waals surface area contributed by atoms with Crippen molar-refractivity contribution in [1.82, 2.24) is 24.1 Å². The number of likely N-dealkylation sites (tertiary alicyclic amines) is 1. The molecule has 1 fully saturated rings. The molecule has 1 aromatic carbocycles. The lowest BCUT2D eigenvalue weighted by Gasteiger charge is -2.16. The molecule has 0 aliphatic carbocycles. The van der Waals surface area contributed by atoms with Crippen molar-refractivity contribution in [2.24, 2.45) is 7.05 Å². The van der Waals surface area contributed by atoms with E-state index in [0.717, 1.165) is 40.9 Å². The number of hydrogen-bond acceptors (Lipinski definition) is 4. The minimum Gasteiger partial charge on any atom is -0.321 e. The summed E-state index contributed by atoms with van der Waals surface area (Å²) in [7, 11) is 4.03. The van der Waals surface area contributed by atoms with Gasteiger partial charge < -0.3 is 9.72 Å². The second kappa shape index (κ2) is 6.45. The van der Waals surface area contributed by atoms with Crippen molar-refractivity contribution in [3.63, 3.8) is 0 Å². The van der Waals surface area contributed by atoms with Gasteiger partial charge in [0.2, 0.25) is 0 Å². The number of carbonyl (C=O) groups is 1. The predicted molar refractivity (Wildman–Crippen MR) is 108 cm³/mol. The highest BCUT2D eigenvalue weighted by Gasteiger charge is 2.24. The molecule has 1 aliphatic heterocycles. The van der Waals surface area contributed by atoms with Crippen molar-refractivity contribution >= 4 is 28.1 Å². The number of hydrogen-bond donors (Lipinski definition) is 1. The van der Waals surface area contributed by atoms with Crippen LogP contribution in [0, 0.1) is 0 Å². The number of imidazole rings is 1. The van der Waals surface area contributed by atoms with Crippen LogP contribution in [-0.4, -0.2) is 43.6 Å². The molecule has 3 aromatic heterocycles. The second-order valence-corrected chi connectivity index (χ2v) is 7.48. The molecule has 7 nitrogen and oxygen atoms in total. The molecule has 1 saturated heterocycles. The quantitative estimate of drug-likeness (QED) is 0.598. The van der Waals surface area contributed by atoms with Crippen LogP contribution in [0.5, 0.6) is 0 Å². The molecule has 0 unspecified atom stereocenters. The zero-order valence-corrected chi connectivity index (χ0v) is 16.0. The summed E-state index contributed by atoms with van der Waals surface area (Å²) in [5, 5.41) is 8.16. The molecule has 0 saturated carbocycles. The van der Waals surface area contributed by atoms with E-state index in [-0.39, 0.29) is 5.91 Å².